The molecule has 4 aromatic rings. The lowest BCUT2D eigenvalue weighted by Crippen LogP contribution is -2.28. The van der Waals surface area contributed by atoms with E-state index in [0.29, 0.717) is 28.5 Å². The largest absolute Gasteiger partial charge is 0.344 e. The van der Waals surface area contributed by atoms with Crippen LogP contribution in [0.4, 0.5) is 0 Å². The van der Waals surface area contributed by atoms with Crippen LogP contribution < -0.4 is 5.32 Å². The monoisotopic (exact) mass is 462 g/mol. The number of hydrogen-bond acceptors (Lipinski definition) is 7. The molecular weight excluding hydrogens is 440 g/mol. The van der Waals surface area contributed by atoms with Gasteiger partial charge >= 0.3 is 0 Å². The van der Waals surface area contributed by atoms with E-state index < -0.39 is 0 Å². The zero-order chi connectivity index (χ0) is 23.5. The molecule has 10 heteroatoms. The van der Waals surface area contributed by atoms with Gasteiger partial charge in [0.05, 0.1) is 39.9 Å². The summed E-state index contributed by atoms with van der Waals surface area (Å²) in [5.74, 6) is 0.387. The van der Waals surface area contributed by atoms with Crippen molar-refractivity contribution in [1.29, 1.82) is 0 Å². The van der Waals surface area contributed by atoms with Crippen molar-refractivity contribution in [3.63, 3.8) is 0 Å². The third-order valence-corrected chi connectivity index (χ3v) is 5.53. The minimum absolute atomic E-state index is 0.0746. The number of nitrogens with zero attached hydrogens (tertiary/aromatic N) is 7. The molecule has 0 spiro atoms. The van der Waals surface area contributed by atoms with Gasteiger partial charge in [0.2, 0.25) is 0 Å². The SMILES string of the molecule is Cc1ccc(-c2cc(-n3nnnc3C(C)C)cc(C(=O)NC(C)c3cnccn3)c2Cl)nc1. The van der Waals surface area contributed by atoms with Crippen LogP contribution in [0.2, 0.25) is 5.02 Å². The number of tetrazole rings is 1. The normalized spacial score (nSPS) is 12.1. The van der Waals surface area contributed by atoms with E-state index in [1.54, 1.807) is 35.5 Å². The first-order chi connectivity index (χ1) is 15.8. The highest BCUT2D eigenvalue weighted by Gasteiger charge is 2.22. The standard InChI is InChI=1S/C23H23ClN8O/c1-13(2)22-29-30-31-32(22)16-9-17(19-6-5-14(3)11-27-19)21(24)18(10-16)23(33)28-15(4)20-12-25-7-8-26-20/h5-13,15H,1-4H3,(H,28,33). The smallest absolute Gasteiger partial charge is 0.253 e. The number of aryl methyl sites for hydroxylation is 1. The quantitative estimate of drug-likeness (QED) is 0.459. The highest BCUT2D eigenvalue weighted by atomic mass is 35.5. The third kappa shape index (κ3) is 4.73. The molecule has 0 saturated heterocycles. The molecule has 1 unspecified atom stereocenters. The molecule has 168 valence electrons. The third-order valence-electron chi connectivity index (χ3n) is 5.12. The van der Waals surface area contributed by atoms with Crippen LogP contribution in [0.1, 0.15) is 60.2 Å². The van der Waals surface area contributed by atoms with Crippen molar-refractivity contribution in [3.05, 3.63) is 76.7 Å². The summed E-state index contributed by atoms with van der Waals surface area (Å²) in [4.78, 5) is 26.1. The summed E-state index contributed by atoms with van der Waals surface area (Å²) in [6, 6.07) is 6.96. The van der Waals surface area contributed by atoms with Gasteiger partial charge in [-0.25, -0.2) is 0 Å². The second-order valence-electron chi connectivity index (χ2n) is 8.00. The van der Waals surface area contributed by atoms with Crippen molar-refractivity contribution in [3.8, 4) is 16.9 Å². The Kier molecular flexibility index (Phi) is 6.41. The highest BCUT2D eigenvalue weighted by molar-refractivity contribution is 6.36. The number of aromatic nitrogens is 7. The van der Waals surface area contributed by atoms with Crippen molar-refractivity contribution in [2.24, 2.45) is 0 Å². The van der Waals surface area contributed by atoms with Crippen molar-refractivity contribution >= 4 is 17.5 Å². The molecule has 0 aliphatic heterocycles. The Labute approximate surface area is 196 Å². The van der Waals surface area contributed by atoms with Gasteiger partial charge < -0.3 is 5.32 Å². The average Bonchev–Trinajstić information content (AvgIpc) is 3.31. The second kappa shape index (κ2) is 9.41. The Morgan fingerprint density at radius 2 is 1.91 bits per heavy atom. The van der Waals surface area contributed by atoms with Gasteiger partial charge in [0.25, 0.3) is 5.91 Å². The number of carbonyl (C=O) groups excluding carboxylic acids is 1. The molecule has 3 heterocycles. The van der Waals surface area contributed by atoms with Gasteiger partial charge in [-0.05, 0) is 48.0 Å². The van der Waals surface area contributed by atoms with Crippen molar-refractivity contribution in [2.45, 2.75) is 39.7 Å². The van der Waals surface area contributed by atoms with Crippen LogP contribution in [-0.2, 0) is 0 Å². The fourth-order valence-corrected chi connectivity index (χ4v) is 3.62. The van der Waals surface area contributed by atoms with E-state index in [1.165, 1.54) is 0 Å². The summed E-state index contributed by atoms with van der Waals surface area (Å²) < 4.78 is 1.61. The lowest BCUT2D eigenvalue weighted by Gasteiger charge is -2.17. The highest BCUT2D eigenvalue weighted by Crippen LogP contribution is 2.33. The summed E-state index contributed by atoms with van der Waals surface area (Å²) in [5, 5.41) is 15.3. The number of nitrogens with one attached hydrogen (secondary N) is 1. The Hall–Kier alpha value is -3.72. The first-order valence-electron chi connectivity index (χ1n) is 10.5. The molecule has 4 rings (SSSR count). The van der Waals surface area contributed by atoms with Gasteiger partial charge in [0, 0.05) is 30.1 Å². The van der Waals surface area contributed by atoms with E-state index in [0.717, 1.165) is 5.56 Å². The number of carbonyl (C=O) groups is 1. The van der Waals surface area contributed by atoms with Crippen LogP contribution >= 0.6 is 11.6 Å². The second-order valence-corrected chi connectivity index (χ2v) is 8.38. The first kappa shape index (κ1) is 22.5. The molecule has 0 radical (unpaired) electrons. The van der Waals surface area contributed by atoms with Crippen LogP contribution in [0.25, 0.3) is 16.9 Å². The Balaban J connectivity index is 1.81. The summed E-state index contributed by atoms with van der Waals surface area (Å²) in [7, 11) is 0. The molecule has 3 aromatic heterocycles. The summed E-state index contributed by atoms with van der Waals surface area (Å²) in [5.41, 5.74) is 3.81. The van der Waals surface area contributed by atoms with Crippen molar-refractivity contribution in [1.82, 2.24) is 40.5 Å². The fourth-order valence-electron chi connectivity index (χ4n) is 3.33. The number of halogens is 1. The topological polar surface area (TPSA) is 111 Å². The number of pyridine rings is 1. The van der Waals surface area contributed by atoms with Crippen LogP contribution in [0, 0.1) is 6.92 Å². The predicted octanol–water partition coefficient (Wildman–Crippen LogP) is 4.09. The van der Waals surface area contributed by atoms with Gasteiger partial charge in [-0.1, -0.05) is 31.5 Å². The van der Waals surface area contributed by atoms with E-state index in [4.69, 9.17) is 11.6 Å². The lowest BCUT2D eigenvalue weighted by atomic mass is 10.0. The molecule has 1 aromatic carbocycles. The van der Waals surface area contributed by atoms with Crippen LogP contribution in [0.5, 0.6) is 0 Å². The summed E-state index contributed by atoms with van der Waals surface area (Å²) in [6.45, 7) is 7.78. The van der Waals surface area contributed by atoms with E-state index in [-0.39, 0.29) is 28.5 Å². The molecule has 0 aliphatic carbocycles. The number of amides is 1. The molecule has 0 saturated carbocycles. The molecule has 0 fully saturated rings. The fraction of sp³-hybridized carbons (Fsp3) is 0.261. The minimum atomic E-state index is -0.369. The minimum Gasteiger partial charge on any atom is -0.344 e. The zero-order valence-corrected chi connectivity index (χ0v) is 19.4. The first-order valence-corrected chi connectivity index (χ1v) is 10.8. The van der Waals surface area contributed by atoms with Crippen LogP contribution in [0.15, 0.2) is 49.1 Å². The molecular formula is C23H23ClN8O. The van der Waals surface area contributed by atoms with Gasteiger partial charge in [-0.2, -0.15) is 4.68 Å². The van der Waals surface area contributed by atoms with Gasteiger partial charge in [-0.15, -0.1) is 5.10 Å². The lowest BCUT2D eigenvalue weighted by molar-refractivity contribution is 0.0939. The van der Waals surface area contributed by atoms with Gasteiger partial charge in [0.1, 0.15) is 0 Å². The molecule has 0 aliphatic rings. The zero-order valence-electron chi connectivity index (χ0n) is 18.7. The maximum absolute atomic E-state index is 13.3. The van der Waals surface area contributed by atoms with Gasteiger partial charge in [-0.3, -0.25) is 19.7 Å². The van der Waals surface area contributed by atoms with E-state index >= 15 is 0 Å². The Morgan fingerprint density at radius 3 is 2.58 bits per heavy atom. The van der Waals surface area contributed by atoms with Crippen molar-refractivity contribution in [2.75, 3.05) is 0 Å². The Morgan fingerprint density at radius 1 is 1.09 bits per heavy atom. The van der Waals surface area contributed by atoms with Gasteiger partial charge in [0.15, 0.2) is 5.82 Å². The predicted molar refractivity (Wildman–Crippen MR) is 124 cm³/mol. The van der Waals surface area contributed by atoms with Crippen molar-refractivity contribution < 1.29 is 4.79 Å². The Bertz CT molecular complexity index is 1270. The van der Waals surface area contributed by atoms with Crippen LogP contribution in [0.3, 0.4) is 0 Å². The maximum atomic E-state index is 13.3. The molecule has 0 bridgehead atoms. The average molecular weight is 463 g/mol. The maximum Gasteiger partial charge on any atom is 0.253 e. The molecule has 9 nitrogen and oxygen atoms in total. The molecule has 1 N–H and O–H groups in total. The molecule has 1 amide bonds. The number of benzene rings is 1. The number of rotatable bonds is 6. The van der Waals surface area contributed by atoms with E-state index in [2.05, 4.69) is 35.8 Å². The molecule has 1 atom stereocenters. The summed E-state index contributed by atoms with van der Waals surface area (Å²) >= 11 is 6.75. The van der Waals surface area contributed by atoms with E-state index in [9.17, 15) is 4.79 Å². The summed E-state index contributed by atoms with van der Waals surface area (Å²) in [6.07, 6.45) is 6.53. The van der Waals surface area contributed by atoms with Crippen LogP contribution in [-0.4, -0.2) is 41.1 Å². The molecule has 33 heavy (non-hydrogen) atoms. The van der Waals surface area contributed by atoms with E-state index in [1.807, 2.05) is 45.9 Å². The number of hydrogen-bond donors (Lipinski definition) is 1.